The largest absolute Gasteiger partial charge is 0.313 e. The summed E-state index contributed by atoms with van der Waals surface area (Å²) in [6.45, 7) is 16.0. The molecule has 2 unspecified atom stereocenters. The zero-order chi connectivity index (χ0) is 13.5. The minimum atomic E-state index is 0.380. The molecule has 0 aliphatic rings. The molecule has 0 rings (SSSR count). The van der Waals surface area contributed by atoms with E-state index in [4.69, 9.17) is 0 Å². The molecule has 0 amide bonds. The first-order valence-corrected chi connectivity index (χ1v) is 7.29. The molecule has 2 heteroatoms. The van der Waals surface area contributed by atoms with Crippen molar-refractivity contribution in [3.63, 3.8) is 0 Å². The molecule has 0 radical (unpaired) electrons. The van der Waals surface area contributed by atoms with E-state index < -0.39 is 0 Å². The molecule has 2 atom stereocenters. The van der Waals surface area contributed by atoms with E-state index in [1.54, 1.807) is 0 Å². The maximum absolute atomic E-state index is 3.66. The van der Waals surface area contributed by atoms with Crippen molar-refractivity contribution in [2.24, 2.45) is 5.41 Å². The molecule has 1 N–H and O–H groups in total. The molecule has 0 spiro atoms. The maximum Gasteiger partial charge on any atom is 0.0243 e. The summed E-state index contributed by atoms with van der Waals surface area (Å²) < 4.78 is 0. The Labute approximate surface area is 109 Å². The third-order valence-electron chi connectivity index (χ3n) is 3.24. The highest BCUT2D eigenvalue weighted by molar-refractivity contribution is 4.83. The van der Waals surface area contributed by atoms with Crippen LogP contribution in [0.15, 0.2) is 0 Å². The van der Waals surface area contributed by atoms with E-state index in [1.807, 2.05) is 0 Å². The second-order valence-corrected chi connectivity index (χ2v) is 6.40. The first kappa shape index (κ1) is 16.9. The average molecular weight is 242 g/mol. The predicted octanol–water partition coefficient (Wildman–Crippen LogP) is 3.52. The minimum Gasteiger partial charge on any atom is -0.313 e. The highest BCUT2D eigenvalue weighted by atomic mass is 15.2. The summed E-state index contributed by atoms with van der Waals surface area (Å²) in [6.07, 6.45) is 3.77. The second-order valence-electron chi connectivity index (χ2n) is 6.40. The van der Waals surface area contributed by atoms with Crippen LogP contribution in [0.3, 0.4) is 0 Å². The van der Waals surface area contributed by atoms with E-state index >= 15 is 0 Å². The van der Waals surface area contributed by atoms with Crippen LogP contribution in [0.2, 0.25) is 0 Å². The van der Waals surface area contributed by atoms with E-state index in [-0.39, 0.29) is 0 Å². The lowest BCUT2D eigenvalue weighted by molar-refractivity contribution is 0.133. The average Bonchev–Trinajstić information content (AvgIpc) is 2.16. The first-order chi connectivity index (χ1) is 7.85. The van der Waals surface area contributed by atoms with Gasteiger partial charge in [0.25, 0.3) is 0 Å². The lowest BCUT2D eigenvalue weighted by Gasteiger charge is -2.38. The summed E-state index contributed by atoms with van der Waals surface area (Å²) in [4.78, 5) is 2.54. The number of hydrogen-bond acceptors (Lipinski definition) is 2. The maximum atomic E-state index is 3.66. The van der Waals surface area contributed by atoms with Crippen LogP contribution in [-0.2, 0) is 0 Å². The molecular weight excluding hydrogens is 208 g/mol. The van der Waals surface area contributed by atoms with Gasteiger partial charge in [-0.25, -0.2) is 0 Å². The summed E-state index contributed by atoms with van der Waals surface area (Å²) >= 11 is 0. The molecule has 0 aromatic carbocycles. The van der Waals surface area contributed by atoms with Gasteiger partial charge in [-0.2, -0.15) is 0 Å². The Morgan fingerprint density at radius 2 is 1.71 bits per heavy atom. The van der Waals surface area contributed by atoms with Gasteiger partial charge in [0.05, 0.1) is 0 Å². The molecular formula is C15H34N2. The van der Waals surface area contributed by atoms with Crippen LogP contribution < -0.4 is 5.32 Å². The first-order valence-electron chi connectivity index (χ1n) is 7.29. The fraction of sp³-hybridized carbons (Fsp3) is 1.00. The SMILES string of the molecule is CCCC(NCC)C(CC)N(C)CC(C)(C)C. The molecule has 17 heavy (non-hydrogen) atoms. The van der Waals surface area contributed by atoms with Gasteiger partial charge in [0, 0.05) is 18.6 Å². The highest BCUT2D eigenvalue weighted by Gasteiger charge is 2.25. The Morgan fingerprint density at radius 3 is 2.06 bits per heavy atom. The van der Waals surface area contributed by atoms with Gasteiger partial charge in [0.2, 0.25) is 0 Å². The van der Waals surface area contributed by atoms with Crippen LogP contribution in [0.1, 0.15) is 60.8 Å². The molecule has 0 aromatic rings. The molecule has 0 aliphatic carbocycles. The van der Waals surface area contributed by atoms with Crippen molar-refractivity contribution in [3.8, 4) is 0 Å². The lowest BCUT2D eigenvalue weighted by atomic mass is 9.93. The summed E-state index contributed by atoms with van der Waals surface area (Å²) in [5, 5.41) is 3.66. The summed E-state index contributed by atoms with van der Waals surface area (Å²) in [5.41, 5.74) is 0.380. The van der Waals surface area contributed by atoms with Crippen LogP contribution in [0.4, 0.5) is 0 Å². The smallest absolute Gasteiger partial charge is 0.0243 e. The number of nitrogens with one attached hydrogen (secondary N) is 1. The van der Waals surface area contributed by atoms with E-state index in [2.05, 4.69) is 58.8 Å². The minimum absolute atomic E-state index is 0.380. The standard InChI is InChI=1S/C15H34N2/c1-8-11-13(16-10-3)14(9-2)17(7)12-15(4,5)6/h13-14,16H,8-12H2,1-7H3. The van der Waals surface area contributed by atoms with Crippen molar-refractivity contribution in [1.82, 2.24) is 10.2 Å². The molecule has 0 bridgehead atoms. The molecule has 2 nitrogen and oxygen atoms in total. The number of hydrogen-bond donors (Lipinski definition) is 1. The van der Waals surface area contributed by atoms with Crippen LogP contribution in [0, 0.1) is 5.41 Å². The van der Waals surface area contributed by atoms with Crippen LogP contribution >= 0.6 is 0 Å². The van der Waals surface area contributed by atoms with Crippen LogP contribution in [0.5, 0.6) is 0 Å². The predicted molar refractivity (Wildman–Crippen MR) is 78.5 cm³/mol. The van der Waals surface area contributed by atoms with Gasteiger partial charge >= 0.3 is 0 Å². The van der Waals surface area contributed by atoms with E-state index in [0.717, 1.165) is 13.1 Å². The van der Waals surface area contributed by atoms with Crippen LogP contribution in [-0.4, -0.2) is 37.1 Å². The normalized spacial score (nSPS) is 16.2. The van der Waals surface area contributed by atoms with Gasteiger partial charge < -0.3 is 10.2 Å². The third kappa shape index (κ3) is 7.05. The zero-order valence-corrected chi connectivity index (χ0v) is 13.1. The van der Waals surface area contributed by atoms with Crippen molar-refractivity contribution in [3.05, 3.63) is 0 Å². The topological polar surface area (TPSA) is 15.3 Å². The van der Waals surface area contributed by atoms with Crippen molar-refractivity contribution < 1.29 is 0 Å². The number of rotatable bonds is 8. The molecule has 0 saturated heterocycles. The molecule has 0 heterocycles. The molecule has 0 aromatic heterocycles. The molecule has 104 valence electrons. The second kappa shape index (κ2) is 8.10. The van der Waals surface area contributed by atoms with Gasteiger partial charge in [-0.15, -0.1) is 0 Å². The summed E-state index contributed by atoms with van der Waals surface area (Å²) in [7, 11) is 2.28. The van der Waals surface area contributed by atoms with Crippen molar-refractivity contribution in [1.29, 1.82) is 0 Å². The molecule has 0 aliphatic heterocycles. The monoisotopic (exact) mass is 242 g/mol. The molecule has 0 fully saturated rings. The van der Waals surface area contributed by atoms with E-state index in [0.29, 0.717) is 17.5 Å². The van der Waals surface area contributed by atoms with Crippen molar-refractivity contribution in [2.75, 3.05) is 20.1 Å². The zero-order valence-electron chi connectivity index (χ0n) is 13.1. The fourth-order valence-electron chi connectivity index (χ4n) is 2.77. The fourth-order valence-corrected chi connectivity index (χ4v) is 2.77. The Kier molecular flexibility index (Phi) is 8.06. The van der Waals surface area contributed by atoms with Crippen molar-refractivity contribution >= 4 is 0 Å². The Balaban J connectivity index is 4.53. The van der Waals surface area contributed by atoms with Gasteiger partial charge in [-0.3, -0.25) is 0 Å². The Morgan fingerprint density at radius 1 is 1.12 bits per heavy atom. The molecule has 0 saturated carbocycles. The highest BCUT2D eigenvalue weighted by Crippen LogP contribution is 2.19. The summed E-state index contributed by atoms with van der Waals surface area (Å²) in [5.74, 6) is 0. The number of nitrogens with zero attached hydrogens (tertiary/aromatic N) is 1. The van der Waals surface area contributed by atoms with Gasteiger partial charge in [-0.05, 0) is 31.8 Å². The van der Waals surface area contributed by atoms with Crippen molar-refractivity contribution in [2.45, 2.75) is 72.9 Å². The van der Waals surface area contributed by atoms with Gasteiger partial charge in [0.1, 0.15) is 0 Å². The van der Waals surface area contributed by atoms with E-state index in [9.17, 15) is 0 Å². The lowest BCUT2D eigenvalue weighted by Crippen LogP contribution is -2.50. The summed E-state index contributed by atoms with van der Waals surface area (Å²) in [6, 6.07) is 1.30. The Hall–Kier alpha value is -0.0800. The van der Waals surface area contributed by atoms with E-state index in [1.165, 1.54) is 19.3 Å². The third-order valence-corrected chi connectivity index (χ3v) is 3.24. The quantitative estimate of drug-likeness (QED) is 0.700. The van der Waals surface area contributed by atoms with Gasteiger partial charge in [0.15, 0.2) is 0 Å². The Bertz CT molecular complexity index is 178. The number of likely N-dealkylation sites (N-methyl/N-ethyl adjacent to an activating group) is 2. The van der Waals surface area contributed by atoms with Crippen LogP contribution in [0.25, 0.3) is 0 Å². The van der Waals surface area contributed by atoms with Gasteiger partial charge in [-0.1, -0.05) is 48.0 Å².